The Morgan fingerprint density at radius 3 is 2.21 bits per heavy atom. The first-order valence-corrected chi connectivity index (χ1v) is 10.5. The molecule has 0 bridgehead atoms. The van der Waals surface area contributed by atoms with Gasteiger partial charge in [-0.3, -0.25) is 4.79 Å². The standard InChI is InChI=1S/C21H15F6N3O2S/c22-20(23,24)14-5-1-13(2-6-14)18(31)30-10-9-16(11-30)33-15-7-3-12(4-8-15)17-28-19(32-29-17)21(25,26)27/h1-8,16H,9-11H2. The fourth-order valence-electron chi connectivity index (χ4n) is 3.32. The molecule has 1 aliphatic heterocycles. The van der Waals surface area contributed by atoms with Crippen LogP contribution in [0.1, 0.15) is 28.2 Å². The fraction of sp³-hybridized carbons (Fsp3) is 0.286. The summed E-state index contributed by atoms with van der Waals surface area (Å²) in [5.41, 5.74) is -0.256. The second kappa shape index (κ2) is 8.73. The van der Waals surface area contributed by atoms with Gasteiger partial charge in [0, 0.05) is 34.4 Å². The minimum Gasteiger partial charge on any atom is -0.337 e. The second-order valence-electron chi connectivity index (χ2n) is 7.30. The minimum absolute atomic E-state index is 0.0660. The van der Waals surface area contributed by atoms with E-state index in [0.717, 1.165) is 17.0 Å². The van der Waals surface area contributed by atoms with Crippen LogP contribution in [0.4, 0.5) is 26.3 Å². The van der Waals surface area contributed by atoms with Crippen LogP contribution in [0, 0.1) is 0 Å². The van der Waals surface area contributed by atoms with Gasteiger partial charge in [0.25, 0.3) is 5.91 Å². The first-order chi connectivity index (χ1) is 15.5. The van der Waals surface area contributed by atoms with Crippen LogP contribution in [0.2, 0.25) is 0 Å². The lowest BCUT2D eigenvalue weighted by molar-refractivity contribution is -0.159. The molecule has 1 saturated heterocycles. The smallest absolute Gasteiger partial charge is 0.337 e. The Morgan fingerprint density at radius 2 is 1.64 bits per heavy atom. The molecule has 0 saturated carbocycles. The van der Waals surface area contributed by atoms with Crippen LogP contribution in [0.25, 0.3) is 11.4 Å². The van der Waals surface area contributed by atoms with Gasteiger partial charge in [0.2, 0.25) is 5.82 Å². The number of carbonyl (C=O) groups excluding carboxylic acids is 1. The number of thioether (sulfide) groups is 1. The molecule has 5 nitrogen and oxygen atoms in total. The van der Waals surface area contributed by atoms with Gasteiger partial charge in [-0.1, -0.05) is 5.16 Å². The van der Waals surface area contributed by atoms with Crippen LogP contribution < -0.4 is 0 Å². The molecule has 0 spiro atoms. The number of nitrogens with zero attached hydrogens (tertiary/aromatic N) is 3. The van der Waals surface area contributed by atoms with Gasteiger partial charge in [-0.05, 0) is 55.0 Å². The highest BCUT2D eigenvalue weighted by atomic mass is 32.2. The lowest BCUT2D eigenvalue weighted by atomic mass is 10.1. The average molecular weight is 487 g/mol. The van der Waals surface area contributed by atoms with Crippen LogP contribution in [0.3, 0.4) is 0 Å². The van der Waals surface area contributed by atoms with Gasteiger partial charge in [0.1, 0.15) is 0 Å². The molecule has 0 N–H and O–H groups in total. The highest BCUT2D eigenvalue weighted by Crippen LogP contribution is 2.33. The van der Waals surface area contributed by atoms with Gasteiger partial charge in [-0.15, -0.1) is 11.8 Å². The molecule has 1 unspecified atom stereocenters. The molecule has 1 fully saturated rings. The van der Waals surface area contributed by atoms with E-state index < -0.39 is 23.8 Å². The van der Waals surface area contributed by atoms with Crippen LogP contribution in [0.15, 0.2) is 57.9 Å². The monoisotopic (exact) mass is 487 g/mol. The van der Waals surface area contributed by atoms with Crippen LogP contribution in [-0.2, 0) is 12.4 Å². The molecule has 3 aromatic rings. The summed E-state index contributed by atoms with van der Waals surface area (Å²) in [5, 5.41) is 3.41. The Hall–Kier alpha value is -3.02. The van der Waals surface area contributed by atoms with Crippen LogP contribution in [-0.4, -0.2) is 39.3 Å². The molecule has 4 rings (SSSR count). The number of aromatic nitrogens is 2. The summed E-state index contributed by atoms with van der Waals surface area (Å²) in [7, 11) is 0. The Bertz CT molecular complexity index is 1130. The quantitative estimate of drug-likeness (QED) is 0.437. The average Bonchev–Trinajstić information content (AvgIpc) is 3.43. The zero-order valence-electron chi connectivity index (χ0n) is 16.7. The number of halogens is 6. The van der Waals surface area contributed by atoms with E-state index in [-0.39, 0.29) is 22.5 Å². The zero-order chi connectivity index (χ0) is 23.8. The third-order valence-electron chi connectivity index (χ3n) is 4.98. The van der Waals surface area contributed by atoms with Crippen LogP contribution >= 0.6 is 11.8 Å². The van der Waals surface area contributed by atoms with Crippen molar-refractivity contribution in [3.8, 4) is 11.4 Å². The maximum Gasteiger partial charge on any atom is 0.471 e. The number of likely N-dealkylation sites (tertiary alicyclic amines) is 1. The molecule has 2 aromatic carbocycles. The highest BCUT2D eigenvalue weighted by molar-refractivity contribution is 8.00. The maximum absolute atomic E-state index is 12.7. The van der Waals surface area contributed by atoms with Gasteiger partial charge in [-0.2, -0.15) is 31.3 Å². The third-order valence-corrected chi connectivity index (χ3v) is 6.24. The Morgan fingerprint density at radius 1 is 0.970 bits per heavy atom. The van der Waals surface area contributed by atoms with Crippen molar-refractivity contribution in [1.29, 1.82) is 0 Å². The SMILES string of the molecule is O=C(c1ccc(C(F)(F)F)cc1)N1CCC(Sc2ccc(-c3noc(C(F)(F)F)n3)cc2)C1. The summed E-state index contributed by atoms with van der Waals surface area (Å²) >= 11 is 1.50. The number of amides is 1. The fourth-order valence-corrected chi connectivity index (χ4v) is 4.48. The molecule has 2 heterocycles. The van der Waals surface area contributed by atoms with E-state index in [0.29, 0.717) is 25.1 Å². The predicted octanol–water partition coefficient (Wildman–Crippen LogP) is 5.78. The third kappa shape index (κ3) is 5.32. The van der Waals surface area contributed by atoms with E-state index in [1.807, 2.05) is 0 Å². The number of benzene rings is 2. The predicted molar refractivity (Wildman–Crippen MR) is 106 cm³/mol. The van der Waals surface area contributed by atoms with Crippen molar-refractivity contribution in [1.82, 2.24) is 15.0 Å². The molecule has 1 aromatic heterocycles. The van der Waals surface area contributed by atoms with Crippen molar-refractivity contribution in [3.63, 3.8) is 0 Å². The normalized spacial score (nSPS) is 16.9. The van der Waals surface area contributed by atoms with Crippen molar-refractivity contribution < 1.29 is 35.7 Å². The lowest BCUT2D eigenvalue weighted by Crippen LogP contribution is -2.29. The number of hydrogen-bond acceptors (Lipinski definition) is 5. The van der Waals surface area contributed by atoms with Crippen molar-refractivity contribution >= 4 is 17.7 Å². The number of alkyl halides is 6. The minimum atomic E-state index is -4.72. The maximum atomic E-state index is 12.7. The van der Waals surface area contributed by atoms with Gasteiger partial charge in [0.15, 0.2) is 0 Å². The molecular formula is C21H15F6N3O2S. The topological polar surface area (TPSA) is 59.2 Å². The summed E-state index contributed by atoms with van der Waals surface area (Å²) in [6.45, 7) is 0.894. The first-order valence-electron chi connectivity index (χ1n) is 9.65. The van der Waals surface area contributed by atoms with Crippen molar-refractivity contribution in [2.24, 2.45) is 0 Å². The van der Waals surface area contributed by atoms with Gasteiger partial charge >= 0.3 is 18.2 Å². The molecule has 0 aliphatic carbocycles. The zero-order valence-corrected chi connectivity index (χ0v) is 17.5. The van der Waals surface area contributed by atoms with E-state index in [1.165, 1.54) is 23.9 Å². The Labute approximate surface area is 187 Å². The summed E-state index contributed by atoms with van der Waals surface area (Å²) < 4.78 is 80.1. The van der Waals surface area contributed by atoms with Gasteiger partial charge in [-0.25, -0.2) is 0 Å². The van der Waals surface area contributed by atoms with Crippen molar-refractivity contribution in [2.45, 2.75) is 28.9 Å². The van der Waals surface area contributed by atoms with Gasteiger partial charge in [0.05, 0.1) is 5.56 Å². The summed E-state index contributed by atoms with van der Waals surface area (Å²) in [5.74, 6) is -1.92. The number of carbonyl (C=O) groups is 1. The summed E-state index contributed by atoms with van der Waals surface area (Å²) in [6.07, 6.45) is -8.48. The van der Waals surface area contributed by atoms with Gasteiger partial charge < -0.3 is 9.42 Å². The molecule has 1 amide bonds. The van der Waals surface area contributed by atoms with E-state index in [1.54, 1.807) is 29.2 Å². The molecule has 0 radical (unpaired) electrons. The molecule has 1 atom stereocenters. The van der Waals surface area contributed by atoms with E-state index in [9.17, 15) is 31.1 Å². The van der Waals surface area contributed by atoms with Crippen LogP contribution in [0.5, 0.6) is 0 Å². The number of hydrogen-bond donors (Lipinski definition) is 0. The van der Waals surface area contributed by atoms with E-state index in [2.05, 4.69) is 14.7 Å². The molecule has 174 valence electrons. The second-order valence-corrected chi connectivity index (χ2v) is 8.67. The molecule has 12 heteroatoms. The lowest BCUT2D eigenvalue weighted by Gasteiger charge is -2.17. The summed E-state index contributed by atoms with van der Waals surface area (Å²) in [6, 6.07) is 10.7. The molecule has 1 aliphatic rings. The van der Waals surface area contributed by atoms with E-state index >= 15 is 0 Å². The van der Waals surface area contributed by atoms with Crippen molar-refractivity contribution in [2.75, 3.05) is 13.1 Å². The number of rotatable bonds is 4. The van der Waals surface area contributed by atoms with Crippen molar-refractivity contribution in [3.05, 3.63) is 65.5 Å². The molecule has 33 heavy (non-hydrogen) atoms. The Kier molecular flexibility index (Phi) is 6.12. The largest absolute Gasteiger partial charge is 0.471 e. The summed E-state index contributed by atoms with van der Waals surface area (Å²) in [4.78, 5) is 18.4. The Balaban J connectivity index is 1.35. The van der Waals surface area contributed by atoms with E-state index in [4.69, 9.17) is 0 Å². The highest BCUT2D eigenvalue weighted by Gasteiger charge is 2.38. The molecular weight excluding hydrogens is 472 g/mol. The first kappa shape index (κ1) is 23.1.